The van der Waals surface area contributed by atoms with E-state index < -0.39 is 12.1 Å². The molecule has 20 heavy (non-hydrogen) atoms. The molecule has 0 spiro atoms. The van der Waals surface area contributed by atoms with Crippen molar-refractivity contribution in [2.45, 2.75) is 19.0 Å². The van der Waals surface area contributed by atoms with Gasteiger partial charge in [-0.05, 0) is 30.2 Å². The zero-order valence-corrected chi connectivity index (χ0v) is 12.5. The van der Waals surface area contributed by atoms with Crippen LogP contribution in [0.25, 0.3) is 0 Å². The molecule has 0 unspecified atom stereocenters. The number of likely N-dealkylation sites (tertiary alicyclic amines) is 1. The second-order valence-electron chi connectivity index (χ2n) is 4.71. The molecule has 108 valence electrons. The van der Waals surface area contributed by atoms with E-state index >= 15 is 0 Å². The molecule has 1 aromatic rings. The predicted octanol–water partition coefficient (Wildman–Crippen LogP) is 1.62. The Morgan fingerprint density at radius 1 is 1.50 bits per heavy atom. The number of carbonyl (C=O) groups excluding carboxylic acids is 2. The number of halogens is 2. The van der Waals surface area contributed by atoms with E-state index in [9.17, 15) is 14.0 Å². The van der Waals surface area contributed by atoms with Gasteiger partial charge in [0, 0.05) is 24.6 Å². The van der Waals surface area contributed by atoms with Crippen molar-refractivity contribution in [1.82, 2.24) is 15.5 Å². The number of hydrogen-bond donors (Lipinski definition) is 2. The molecule has 1 aromatic carbocycles. The Bertz CT molecular complexity index is 518. The van der Waals surface area contributed by atoms with E-state index in [-0.39, 0.29) is 18.3 Å². The van der Waals surface area contributed by atoms with Crippen LogP contribution in [-0.4, -0.2) is 36.5 Å². The molecule has 2 N–H and O–H groups in total. The topological polar surface area (TPSA) is 61.4 Å². The molecule has 1 saturated heterocycles. The van der Waals surface area contributed by atoms with Gasteiger partial charge in [-0.15, -0.1) is 0 Å². The summed E-state index contributed by atoms with van der Waals surface area (Å²) in [5, 5.41) is 5.22. The summed E-state index contributed by atoms with van der Waals surface area (Å²) in [7, 11) is 1.70. The van der Waals surface area contributed by atoms with E-state index in [2.05, 4.69) is 26.6 Å². The zero-order valence-electron chi connectivity index (χ0n) is 11.0. The largest absolute Gasteiger partial charge is 0.344 e. The average Bonchev–Trinajstić information content (AvgIpc) is 2.67. The molecule has 0 saturated carbocycles. The summed E-state index contributed by atoms with van der Waals surface area (Å²) >= 11 is 3.19. The average molecular weight is 344 g/mol. The third-order valence-electron chi connectivity index (χ3n) is 3.11. The first kappa shape index (κ1) is 14.8. The minimum Gasteiger partial charge on any atom is -0.344 e. The molecule has 0 bridgehead atoms. The van der Waals surface area contributed by atoms with Crippen LogP contribution in [0.15, 0.2) is 22.7 Å². The highest BCUT2D eigenvalue weighted by Crippen LogP contribution is 2.14. The third kappa shape index (κ3) is 3.69. The lowest BCUT2D eigenvalue weighted by Crippen LogP contribution is -2.45. The van der Waals surface area contributed by atoms with Crippen LogP contribution in [0.1, 0.15) is 12.0 Å². The number of rotatable bonds is 3. The van der Waals surface area contributed by atoms with Crippen LogP contribution >= 0.6 is 15.9 Å². The quantitative estimate of drug-likeness (QED) is 0.875. The van der Waals surface area contributed by atoms with Gasteiger partial charge < -0.3 is 15.5 Å². The maximum atomic E-state index is 13.2. The SMILES string of the molecule is CN1CC[C@H](NC(=O)NCc2cc(F)cc(Br)c2)C1=O. The molecule has 0 aliphatic carbocycles. The van der Waals surface area contributed by atoms with Crippen molar-refractivity contribution in [2.75, 3.05) is 13.6 Å². The molecule has 0 radical (unpaired) electrons. The third-order valence-corrected chi connectivity index (χ3v) is 3.57. The molecule has 1 heterocycles. The smallest absolute Gasteiger partial charge is 0.315 e. The number of hydrogen-bond acceptors (Lipinski definition) is 2. The summed E-state index contributed by atoms with van der Waals surface area (Å²) < 4.78 is 13.8. The fraction of sp³-hybridized carbons (Fsp3) is 0.385. The van der Waals surface area contributed by atoms with Crippen molar-refractivity contribution in [3.05, 3.63) is 34.1 Å². The molecule has 2 rings (SSSR count). The highest BCUT2D eigenvalue weighted by molar-refractivity contribution is 9.10. The molecule has 0 aromatic heterocycles. The lowest BCUT2D eigenvalue weighted by Gasteiger charge is -2.13. The van der Waals surface area contributed by atoms with Crippen LogP contribution < -0.4 is 10.6 Å². The molecule has 3 amide bonds. The number of benzene rings is 1. The summed E-state index contributed by atoms with van der Waals surface area (Å²) in [6.07, 6.45) is 0.605. The van der Waals surface area contributed by atoms with Crippen LogP contribution in [0, 0.1) is 5.82 Å². The van der Waals surface area contributed by atoms with Gasteiger partial charge in [-0.1, -0.05) is 15.9 Å². The normalized spacial score (nSPS) is 18.2. The summed E-state index contributed by atoms with van der Waals surface area (Å²) in [5.74, 6) is -0.460. The maximum absolute atomic E-state index is 13.2. The first-order valence-electron chi connectivity index (χ1n) is 6.20. The highest BCUT2D eigenvalue weighted by Gasteiger charge is 2.29. The fourth-order valence-electron chi connectivity index (χ4n) is 2.06. The number of nitrogens with one attached hydrogen (secondary N) is 2. The standard InChI is InChI=1S/C13H15BrFN3O2/c1-18-3-2-11(12(18)19)17-13(20)16-7-8-4-9(14)6-10(15)5-8/h4-6,11H,2-3,7H2,1H3,(H2,16,17,20)/t11-/m0/s1. The lowest BCUT2D eigenvalue weighted by atomic mass is 10.2. The molecule has 5 nitrogen and oxygen atoms in total. The minimum absolute atomic E-state index is 0.0892. The molecule has 1 fully saturated rings. The second kappa shape index (κ2) is 6.21. The van der Waals surface area contributed by atoms with Crippen molar-refractivity contribution in [3.63, 3.8) is 0 Å². The van der Waals surface area contributed by atoms with Crippen molar-refractivity contribution >= 4 is 27.9 Å². The van der Waals surface area contributed by atoms with E-state index in [0.29, 0.717) is 23.0 Å². The van der Waals surface area contributed by atoms with Crippen LogP contribution in [0.2, 0.25) is 0 Å². The van der Waals surface area contributed by atoms with Crippen LogP contribution in [-0.2, 0) is 11.3 Å². The highest BCUT2D eigenvalue weighted by atomic mass is 79.9. The zero-order chi connectivity index (χ0) is 14.7. The Morgan fingerprint density at radius 3 is 2.85 bits per heavy atom. The minimum atomic E-state index is -0.473. The van der Waals surface area contributed by atoms with Crippen molar-refractivity contribution in [2.24, 2.45) is 0 Å². The number of amides is 3. The molecule has 7 heteroatoms. The predicted molar refractivity (Wildman–Crippen MR) is 75.5 cm³/mol. The monoisotopic (exact) mass is 343 g/mol. The maximum Gasteiger partial charge on any atom is 0.315 e. The fourth-order valence-corrected chi connectivity index (χ4v) is 2.57. The van der Waals surface area contributed by atoms with Gasteiger partial charge in [0.1, 0.15) is 11.9 Å². The van der Waals surface area contributed by atoms with Gasteiger partial charge in [-0.25, -0.2) is 9.18 Å². The Kier molecular flexibility index (Phi) is 4.59. The van der Waals surface area contributed by atoms with Crippen LogP contribution in [0.5, 0.6) is 0 Å². The van der Waals surface area contributed by atoms with Crippen LogP contribution in [0.4, 0.5) is 9.18 Å². The summed E-state index contributed by atoms with van der Waals surface area (Å²) in [4.78, 5) is 24.9. The van der Waals surface area contributed by atoms with Gasteiger partial charge in [0.15, 0.2) is 0 Å². The van der Waals surface area contributed by atoms with Gasteiger partial charge in [-0.2, -0.15) is 0 Å². The Labute approximate surface area is 124 Å². The molecule has 1 aliphatic heterocycles. The first-order valence-corrected chi connectivity index (χ1v) is 6.99. The Balaban J connectivity index is 1.85. The van der Waals surface area contributed by atoms with E-state index in [0.717, 1.165) is 0 Å². The van der Waals surface area contributed by atoms with Gasteiger partial charge >= 0.3 is 6.03 Å². The van der Waals surface area contributed by atoms with Gasteiger partial charge in [0.2, 0.25) is 5.91 Å². The summed E-state index contributed by atoms with van der Waals surface area (Å²) in [6, 6.07) is 3.51. The number of carbonyl (C=O) groups is 2. The summed E-state index contributed by atoms with van der Waals surface area (Å²) in [6.45, 7) is 0.833. The van der Waals surface area contributed by atoms with E-state index in [1.54, 1.807) is 18.0 Å². The summed E-state index contributed by atoms with van der Waals surface area (Å²) in [5.41, 5.74) is 0.641. The van der Waals surface area contributed by atoms with Crippen molar-refractivity contribution < 1.29 is 14.0 Å². The van der Waals surface area contributed by atoms with Crippen molar-refractivity contribution in [1.29, 1.82) is 0 Å². The molecule has 1 atom stereocenters. The Hall–Kier alpha value is -1.63. The molecule has 1 aliphatic rings. The van der Waals surface area contributed by atoms with Crippen molar-refractivity contribution in [3.8, 4) is 0 Å². The van der Waals surface area contributed by atoms with E-state index in [1.807, 2.05) is 0 Å². The lowest BCUT2D eigenvalue weighted by molar-refractivity contribution is -0.128. The van der Waals surface area contributed by atoms with Gasteiger partial charge in [0.05, 0.1) is 0 Å². The number of likely N-dealkylation sites (N-methyl/N-ethyl adjacent to an activating group) is 1. The number of nitrogens with zero attached hydrogens (tertiary/aromatic N) is 1. The van der Waals surface area contributed by atoms with Gasteiger partial charge in [0.25, 0.3) is 0 Å². The second-order valence-corrected chi connectivity index (χ2v) is 5.62. The van der Waals surface area contributed by atoms with E-state index in [4.69, 9.17) is 0 Å². The van der Waals surface area contributed by atoms with E-state index in [1.165, 1.54) is 12.1 Å². The first-order chi connectivity index (χ1) is 9.45. The Morgan fingerprint density at radius 2 is 2.25 bits per heavy atom. The number of urea groups is 1. The van der Waals surface area contributed by atoms with Gasteiger partial charge in [-0.3, -0.25) is 4.79 Å². The van der Waals surface area contributed by atoms with Crippen LogP contribution in [0.3, 0.4) is 0 Å². The molecular formula is C13H15BrFN3O2. The molecular weight excluding hydrogens is 329 g/mol.